The number of nitrogens with zero attached hydrogens (tertiary/aromatic N) is 2. The van der Waals surface area contributed by atoms with E-state index in [0.717, 1.165) is 40.4 Å². The molecule has 1 aliphatic carbocycles. The van der Waals surface area contributed by atoms with Crippen molar-refractivity contribution < 1.29 is 0 Å². The second-order valence-electron chi connectivity index (χ2n) is 4.40. The van der Waals surface area contributed by atoms with E-state index in [-0.39, 0.29) is 5.56 Å². The van der Waals surface area contributed by atoms with E-state index in [9.17, 15) is 4.79 Å². The minimum Gasteiger partial charge on any atom is -0.269 e. The number of hydrogen-bond donors (Lipinski definition) is 0. The molecule has 16 heavy (non-hydrogen) atoms. The summed E-state index contributed by atoms with van der Waals surface area (Å²) in [5.74, 6) is 0. The SMILES string of the molecule is Cc1cn2c(=O)c3c(nc2s1)CCCCC3. The number of aryl methyl sites for hydroxylation is 2. The molecule has 2 heterocycles. The van der Waals surface area contributed by atoms with Gasteiger partial charge in [0.15, 0.2) is 4.96 Å². The van der Waals surface area contributed by atoms with Gasteiger partial charge in [0.2, 0.25) is 0 Å². The van der Waals surface area contributed by atoms with Crippen molar-refractivity contribution in [3.8, 4) is 0 Å². The Bertz CT molecular complexity index is 597. The summed E-state index contributed by atoms with van der Waals surface area (Å²) in [6, 6.07) is 0. The maximum Gasteiger partial charge on any atom is 0.261 e. The van der Waals surface area contributed by atoms with Crippen LogP contribution in [-0.4, -0.2) is 9.38 Å². The lowest BCUT2D eigenvalue weighted by Crippen LogP contribution is -2.20. The molecule has 2 aromatic rings. The highest BCUT2D eigenvalue weighted by atomic mass is 32.1. The van der Waals surface area contributed by atoms with Gasteiger partial charge in [0, 0.05) is 16.6 Å². The zero-order valence-corrected chi connectivity index (χ0v) is 10.1. The first-order valence-electron chi connectivity index (χ1n) is 5.76. The Kier molecular flexibility index (Phi) is 2.32. The highest BCUT2D eigenvalue weighted by Crippen LogP contribution is 2.20. The summed E-state index contributed by atoms with van der Waals surface area (Å²) in [5.41, 5.74) is 2.16. The van der Waals surface area contributed by atoms with Gasteiger partial charge in [-0.1, -0.05) is 6.42 Å². The fourth-order valence-corrected chi connectivity index (χ4v) is 3.20. The predicted molar refractivity (Wildman–Crippen MR) is 65.3 cm³/mol. The van der Waals surface area contributed by atoms with Crippen LogP contribution in [0.3, 0.4) is 0 Å². The van der Waals surface area contributed by atoms with Crippen LogP contribution in [0.1, 0.15) is 35.4 Å². The van der Waals surface area contributed by atoms with Gasteiger partial charge in [0.1, 0.15) is 0 Å². The van der Waals surface area contributed by atoms with Gasteiger partial charge in [-0.2, -0.15) is 0 Å². The molecule has 0 aliphatic heterocycles. The summed E-state index contributed by atoms with van der Waals surface area (Å²) < 4.78 is 1.71. The number of thiazole rings is 1. The highest BCUT2D eigenvalue weighted by Gasteiger charge is 2.16. The Balaban J connectivity index is 2.33. The van der Waals surface area contributed by atoms with E-state index in [1.54, 1.807) is 15.7 Å². The molecule has 4 heteroatoms. The lowest BCUT2D eigenvalue weighted by atomic mass is 10.1. The second kappa shape index (κ2) is 3.70. The Morgan fingerprint density at radius 3 is 3.00 bits per heavy atom. The van der Waals surface area contributed by atoms with Crippen molar-refractivity contribution in [1.29, 1.82) is 0 Å². The Morgan fingerprint density at radius 2 is 2.12 bits per heavy atom. The number of rotatable bonds is 0. The third-order valence-electron chi connectivity index (χ3n) is 3.17. The molecule has 0 radical (unpaired) electrons. The summed E-state index contributed by atoms with van der Waals surface area (Å²) in [5, 5.41) is 0. The van der Waals surface area contributed by atoms with Gasteiger partial charge >= 0.3 is 0 Å². The molecule has 0 bridgehead atoms. The van der Waals surface area contributed by atoms with Crippen molar-refractivity contribution in [2.75, 3.05) is 0 Å². The van der Waals surface area contributed by atoms with Crippen LogP contribution in [-0.2, 0) is 12.8 Å². The molecule has 0 atom stereocenters. The van der Waals surface area contributed by atoms with Crippen LogP contribution < -0.4 is 5.56 Å². The summed E-state index contributed by atoms with van der Waals surface area (Å²) in [6.45, 7) is 2.02. The van der Waals surface area contributed by atoms with Crippen LogP contribution >= 0.6 is 11.3 Å². The van der Waals surface area contributed by atoms with Crippen LogP contribution in [0.2, 0.25) is 0 Å². The molecule has 3 rings (SSSR count). The lowest BCUT2D eigenvalue weighted by Gasteiger charge is -2.03. The summed E-state index contributed by atoms with van der Waals surface area (Å²) in [6.07, 6.45) is 7.28. The van der Waals surface area contributed by atoms with Gasteiger partial charge < -0.3 is 0 Å². The average Bonchev–Trinajstić information content (AvgIpc) is 2.48. The first-order chi connectivity index (χ1) is 7.75. The minimum atomic E-state index is 0.159. The molecule has 0 saturated heterocycles. The van der Waals surface area contributed by atoms with E-state index in [4.69, 9.17) is 0 Å². The van der Waals surface area contributed by atoms with Crippen molar-refractivity contribution >= 4 is 16.3 Å². The van der Waals surface area contributed by atoms with Crippen LogP contribution in [0, 0.1) is 6.92 Å². The second-order valence-corrected chi connectivity index (χ2v) is 5.61. The maximum absolute atomic E-state index is 12.3. The van der Waals surface area contributed by atoms with Crippen molar-refractivity contribution in [1.82, 2.24) is 9.38 Å². The van der Waals surface area contributed by atoms with E-state index in [1.807, 2.05) is 13.1 Å². The first-order valence-corrected chi connectivity index (χ1v) is 6.58. The van der Waals surface area contributed by atoms with Crippen LogP contribution in [0.5, 0.6) is 0 Å². The van der Waals surface area contributed by atoms with Crippen molar-refractivity contribution in [3.63, 3.8) is 0 Å². The zero-order chi connectivity index (χ0) is 11.1. The standard InChI is InChI=1S/C12H14N2OS/c1-8-7-14-11(15)9-5-3-2-4-6-10(9)13-12(14)16-8/h7H,2-6H2,1H3. The van der Waals surface area contributed by atoms with Gasteiger partial charge in [-0.05, 0) is 32.6 Å². The van der Waals surface area contributed by atoms with Gasteiger partial charge in [-0.15, -0.1) is 11.3 Å². The van der Waals surface area contributed by atoms with Crippen molar-refractivity contribution in [2.45, 2.75) is 39.0 Å². The monoisotopic (exact) mass is 234 g/mol. The van der Waals surface area contributed by atoms with Crippen LogP contribution in [0.4, 0.5) is 0 Å². The first kappa shape index (κ1) is 10.0. The Morgan fingerprint density at radius 1 is 1.31 bits per heavy atom. The van der Waals surface area contributed by atoms with Crippen molar-refractivity contribution in [3.05, 3.63) is 32.7 Å². The molecule has 1 aliphatic rings. The molecule has 3 nitrogen and oxygen atoms in total. The molecule has 0 aromatic carbocycles. The highest BCUT2D eigenvalue weighted by molar-refractivity contribution is 7.16. The quantitative estimate of drug-likeness (QED) is 0.656. The fourth-order valence-electron chi connectivity index (χ4n) is 2.36. The minimum absolute atomic E-state index is 0.159. The van der Waals surface area contributed by atoms with Gasteiger partial charge in [-0.25, -0.2) is 4.98 Å². The number of fused-ring (bicyclic) bond motifs is 2. The zero-order valence-electron chi connectivity index (χ0n) is 9.32. The molecular formula is C12H14N2OS. The molecular weight excluding hydrogens is 220 g/mol. The Hall–Kier alpha value is -1.16. The molecule has 2 aromatic heterocycles. The maximum atomic E-state index is 12.3. The molecule has 0 fully saturated rings. The van der Waals surface area contributed by atoms with E-state index < -0.39 is 0 Å². The van der Waals surface area contributed by atoms with E-state index in [0.29, 0.717) is 0 Å². The third-order valence-corrected chi connectivity index (χ3v) is 4.06. The summed E-state index contributed by atoms with van der Waals surface area (Å²) in [7, 11) is 0. The number of aromatic nitrogens is 2. The summed E-state index contributed by atoms with van der Waals surface area (Å²) in [4.78, 5) is 18.9. The van der Waals surface area contributed by atoms with Gasteiger partial charge in [-0.3, -0.25) is 9.20 Å². The van der Waals surface area contributed by atoms with Crippen LogP contribution in [0.25, 0.3) is 4.96 Å². The topological polar surface area (TPSA) is 34.4 Å². The normalized spacial score (nSPS) is 16.1. The lowest BCUT2D eigenvalue weighted by molar-refractivity contribution is 0.708. The third kappa shape index (κ3) is 1.48. The molecule has 0 amide bonds. The average molecular weight is 234 g/mol. The predicted octanol–water partition coefficient (Wildman–Crippen LogP) is 2.33. The largest absolute Gasteiger partial charge is 0.269 e. The van der Waals surface area contributed by atoms with E-state index in [1.165, 1.54) is 12.8 Å². The van der Waals surface area contributed by atoms with Gasteiger partial charge in [0.05, 0.1) is 5.69 Å². The molecule has 0 unspecified atom stereocenters. The Labute approximate surface area is 97.8 Å². The summed E-state index contributed by atoms with van der Waals surface area (Å²) >= 11 is 1.60. The number of hydrogen-bond acceptors (Lipinski definition) is 3. The van der Waals surface area contributed by atoms with Crippen LogP contribution in [0.15, 0.2) is 11.0 Å². The van der Waals surface area contributed by atoms with E-state index >= 15 is 0 Å². The smallest absolute Gasteiger partial charge is 0.261 e. The fraction of sp³-hybridized carbons (Fsp3) is 0.500. The van der Waals surface area contributed by atoms with E-state index in [2.05, 4.69) is 4.98 Å². The van der Waals surface area contributed by atoms with Gasteiger partial charge in [0.25, 0.3) is 5.56 Å². The molecule has 0 spiro atoms. The molecule has 84 valence electrons. The molecule has 0 saturated carbocycles. The van der Waals surface area contributed by atoms with Crippen molar-refractivity contribution in [2.24, 2.45) is 0 Å². The molecule has 0 N–H and O–H groups in total.